The number of fused-ring (bicyclic) bond motifs is 1. The van der Waals surface area contributed by atoms with Gasteiger partial charge in [-0.25, -0.2) is 9.97 Å². The Morgan fingerprint density at radius 2 is 1.91 bits per heavy atom. The van der Waals surface area contributed by atoms with Crippen molar-refractivity contribution in [2.75, 3.05) is 5.73 Å². The lowest BCUT2D eigenvalue weighted by Crippen LogP contribution is -2.18. The van der Waals surface area contributed by atoms with Crippen LogP contribution >= 0.6 is 0 Å². The number of pyridine rings is 1. The van der Waals surface area contributed by atoms with Crippen LogP contribution in [0.1, 0.15) is 27.0 Å². The van der Waals surface area contributed by atoms with E-state index in [1.807, 2.05) is 12.1 Å². The molecule has 0 spiro atoms. The van der Waals surface area contributed by atoms with Crippen LogP contribution in [0.15, 0.2) is 61.4 Å². The van der Waals surface area contributed by atoms with Crippen LogP contribution in [0.25, 0.3) is 28.5 Å². The van der Waals surface area contributed by atoms with Gasteiger partial charge in [0.25, 0.3) is 0 Å². The number of nitrogens with zero attached hydrogens (tertiary/aromatic N) is 3. The van der Waals surface area contributed by atoms with Crippen LogP contribution in [-0.2, 0) is 12.7 Å². The lowest BCUT2D eigenvalue weighted by atomic mass is 10.0. The summed E-state index contributed by atoms with van der Waals surface area (Å²) < 4.78 is 42.1. The fourth-order valence-electron chi connectivity index (χ4n) is 3.47. The Morgan fingerprint density at radius 3 is 2.59 bits per heavy atom. The van der Waals surface area contributed by atoms with Crippen LogP contribution in [-0.4, -0.2) is 20.4 Å². The summed E-state index contributed by atoms with van der Waals surface area (Å²) in [6.45, 7) is 4.18. The fraction of sp³-hybridized carbons (Fsp3) is 0.0870. The van der Waals surface area contributed by atoms with Gasteiger partial charge in [0, 0.05) is 11.3 Å². The van der Waals surface area contributed by atoms with Crippen LogP contribution in [0.3, 0.4) is 0 Å². The van der Waals surface area contributed by atoms with Gasteiger partial charge in [0.2, 0.25) is 5.91 Å². The van der Waals surface area contributed by atoms with Gasteiger partial charge in [-0.05, 0) is 47.5 Å². The third-order valence-corrected chi connectivity index (χ3v) is 5.07. The van der Waals surface area contributed by atoms with Gasteiger partial charge in [0.15, 0.2) is 5.65 Å². The number of aromatic nitrogens is 3. The first-order valence-corrected chi connectivity index (χ1v) is 9.51. The maximum atomic E-state index is 13.4. The molecule has 4 rings (SSSR count). The van der Waals surface area contributed by atoms with E-state index in [1.165, 1.54) is 6.07 Å². The number of nitrogen functional groups attached to an aromatic ring is 1. The minimum Gasteiger partial charge on any atom is -0.398 e. The number of halogens is 3. The van der Waals surface area contributed by atoms with Gasteiger partial charge >= 0.3 is 6.18 Å². The third-order valence-electron chi connectivity index (χ3n) is 5.07. The first-order chi connectivity index (χ1) is 15.2. The fourth-order valence-corrected chi connectivity index (χ4v) is 3.47. The van der Waals surface area contributed by atoms with Crippen molar-refractivity contribution in [3.8, 4) is 11.3 Å². The number of carbonyl (C=O) groups excluding carboxylic acids is 1. The molecule has 0 saturated carbocycles. The molecule has 0 aliphatic carbocycles. The minimum atomic E-state index is -4.73. The van der Waals surface area contributed by atoms with Crippen molar-refractivity contribution in [2.45, 2.75) is 12.7 Å². The second-order valence-corrected chi connectivity index (χ2v) is 7.20. The summed E-state index contributed by atoms with van der Waals surface area (Å²) in [6.07, 6.45) is -1.46. The van der Waals surface area contributed by atoms with Crippen LogP contribution in [0.4, 0.5) is 18.9 Å². The summed E-state index contributed by atoms with van der Waals surface area (Å²) in [5.41, 5.74) is 13.3. The Morgan fingerprint density at radius 1 is 1.12 bits per heavy atom. The van der Waals surface area contributed by atoms with Crippen molar-refractivity contribution in [1.82, 2.24) is 14.5 Å². The first-order valence-electron chi connectivity index (χ1n) is 9.51. The van der Waals surface area contributed by atoms with Crippen molar-refractivity contribution in [1.29, 1.82) is 0 Å². The molecule has 0 saturated heterocycles. The Balaban J connectivity index is 1.76. The highest BCUT2D eigenvalue weighted by molar-refractivity contribution is 5.95. The van der Waals surface area contributed by atoms with Crippen LogP contribution < -0.4 is 11.5 Å². The number of amides is 1. The molecule has 0 fully saturated rings. The standard InChI is InChI=1S/C23H18F3N5O/c1-2-14-9-13(3-6-18(14)27)11-31-12-29-20-8-7-19(30-22(20)31)15-4-5-16(21(28)32)17(10-15)23(24,25)26/h2-10,12H,1,11,27H2,(H2,28,32). The lowest BCUT2D eigenvalue weighted by molar-refractivity contribution is -0.137. The van der Waals surface area contributed by atoms with Crippen molar-refractivity contribution in [3.05, 3.63) is 83.7 Å². The zero-order valence-electron chi connectivity index (χ0n) is 16.7. The van der Waals surface area contributed by atoms with E-state index in [2.05, 4.69) is 16.5 Å². The number of anilines is 1. The molecule has 4 aromatic rings. The Hall–Kier alpha value is -4.14. The van der Waals surface area contributed by atoms with Crippen molar-refractivity contribution in [3.63, 3.8) is 0 Å². The summed E-state index contributed by atoms with van der Waals surface area (Å²) in [7, 11) is 0. The highest BCUT2D eigenvalue weighted by atomic mass is 19.4. The second kappa shape index (κ2) is 7.84. The number of alkyl halides is 3. The smallest absolute Gasteiger partial charge is 0.398 e. The maximum Gasteiger partial charge on any atom is 0.417 e. The number of hydrogen-bond donors (Lipinski definition) is 2. The van der Waals surface area contributed by atoms with Crippen molar-refractivity contribution < 1.29 is 18.0 Å². The highest BCUT2D eigenvalue weighted by Crippen LogP contribution is 2.35. The summed E-state index contributed by atoms with van der Waals surface area (Å²) in [6, 6.07) is 12.1. The average molecular weight is 437 g/mol. The predicted octanol–water partition coefficient (Wildman–Crippen LogP) is 4.49. The van der Waals surface area contributed by atoms with Gasteiger partial charge in [-0.15, -0.1) is 0 Å². The molecular weight excluding hydrogens is 419 g/mol. The second-order valence-electron chi connectivity index (χ2n) is 7.20. The van der Waals surface area contributed by atoms with E-state index < -0.39 is 23.2 Å². The SMILES string of the molecule is C=Cc1cc(Cn2cnc3ccc(-c4ccc(C(N)=O)c(C(F)(F)F)c4)nc32)ccc1N. The largest absolute Gasteiger partial charge is 0.417 e. The third kappa shape index (κ3) is 3.92. The lowest BCUT2D eigenvalue weighted by Gasteiger charge is -2.13. The molecule has 0 aliphatic heterocycles. The normalized spacial score (nSPS) is 11.6. The number of hydrogen-bond acceptors (Lipinski definition) is 4. The van der Waals surface area contributed by atoms with E-state index in [0.29, 0.717) is 29.1 Å². The van der Waals surface area contributed by atoms with Gasteiger partial charge in [-0.2, -0.15) is 13.2 Å². The van der Waals surface area contributed by atoms with Gasteiger partial charge in [-0.3, -0.25) is 4.79 Å². The average Bonchev–Trinajstić information content (AvgIpc) is 3.16. The van der Waals surface area contributed by atoms with Crippen LogP contribution in [0.2, 0.25) is 0 Å². The molecule has 2 aromatic heterocycles. The summed E-state index contributed by atoms with van der Waals surface area (Å²) in [5.74, 6) is -1.15. The molecule has 2 heterocycles. The Bertz CT molecular complexity index is 1360. The van der Waals surface area contributed by atoms with Crippen LogP contribution in [0.5, 0.6) is 0 Å². The zero-order valence-corrected chi connectivity index (χ0v) is 16.7. The summed E-state index contributed by atoms with van der Waals surface area (Å²) in [4.78, 5) is 20.3. The molecular formula is C23H18F3N5O. The molecule has 32 heavy (non-hydrogen) atoms. The topological polar surface area (TPSA) is 99.8 Å². The molecule has 0 aliphatic rings. The zero-order chi connectivity index (χ0) is 23.0. The molecule has 4 N–H and O–H groups in total. The van der Waals surface area contributed by atoms with Crippen LogP contribution in [0, 0.1) is 0 Å². The molecule has 0 unspecified atom stereocenters. The van der Waals surface area contributed by atoms with E-state index in [9.17, 15) is 18.0 Å². The van der Waals surface area contributed by atoms with Crippen molar-refractivity contribution in [2.24, 2.45) is 5.73 Å². The molecule has 0 radical (unpaired) electrons. The quantitative estimate of drug-likeness (QED) is 0.449. The highest BCUT2D eigenvalue weighted by Gasteiger charge is 2.35. The number of primary amides is 1. The maximum absolute atomic E-state index is 13.4. The van der Waals surface area contributed by atoms with E-state index in [-0.39, 0.29) is 5.56 Å². The number of imidazole rings is 1. The summed E-state index contributed by atoms with van der Waals surface area (Å²) in [5, 5.41) is 0. The predicted molar refractivity (Wildman–Crippen MR) is 117 cm³/mol. The number of rotatable bonds is 5. The Labute approximate surface area is 181 Å². The molecule has 6 nitrogen and oxygen atoms in total. The van der Waals surface area contributed by atoms with Gasteiger partial charge in [0.05, 0.1) is 29.7 Å². The van der Waals surface area contributed by atoms with Crippen molar-refractivity contribution >= 4 is 28.8 Å². The molecule has 162 valence electrons. The number of benzene rings is 2. The molecule has 9 heteroatoms. The molecule has 2 aromatic carbocycles. The van der Waals surface area contributed by atoms with Gasteiger partial charge in [-0.1, -0.05) is 24.8 Å². The summed E-state index contributed by atoms with van der Waals surface area (Å²) >= 11 is 0. The molecule has 1 amide bonds. The minimum absolute atomic E-state index is 0.207. The first kappa shape index (κ1) is 21.1. The monoisotopic (exact) mass is 437 g/mol. The van der Waals surface area contributed by atoms with E-state index in [0.717, 1.165) is 23.3 Å². The molecule has 0 atom stereocenters. The molecule has 0 bridgehead atoms. The van der Waals surface area contributed by atoms with E-state index in [4.69, 9.17) is 11.5 Å². The number of carbonyl (C=O) groups is 1. The Kier molecular flexibility index (Phi) is 5.17. The number of nitrogens with two attached hydrogens (primary N) is 2. The van der Waals surface area contributed by atoms with Gasteiger partial charge < -0.3 is 16.0 Å². The van der Waals surface area contributed by atoms with Gasteiger partial charge in [0.1, 0.15) is 5.52 Å². The van der Waals surface area contributed by atoms with E-state index >= 15 is 0 Å². The van der Waals surface area contributed by atoms with E-state index in [1.54, 1.807) is 35.2 Å².